The van der Waals surface area contributed by atoms with Gasteiger partial charge < -0.3 is 10.1 Å². The lowest BCUT2D eigenvalue weighted by Crippen LogP contribution is -2.39. The van der Waals surface area contributed by atoms with Gasteiger partial charge in [-0.25, -0.2) is 0 Å². The number of esters is 1. The minimum absolute atomic E-state index is 0.146. The maximum absolute atomic E-state index is 11.7. The van der Waals surface area contributed by atoms with Gasteiger partial charge in [0.25, 0.3) is 0 Å². The third kappa shape index (κ3) is 6.76. The lowest BCUT2D eigenvalue weighted by atomic mass is 10.0. The van der Waals surface area contributed by atoms with E-state index in [2.05, 4.69) is 10.1 Å². The van der Waals surface area contributed by atoms with Crippen molar-refractivity contribution in [1.29, 1.82) is 0 Å². The van der Waals surface area contributed by atoms with Gasteiger partial charge >= 0.3 is 5.97 Å². The van der Waals surface area contributed by atoms with E-state index in [1.165, 1.54) is 7.11 Å². The fourth-order valence-corrected chi connectivity index (χ4v) is 1.27. The van der Waals surface area contributed by atoms with Crippen molar-refractivity contribution in [3.63, 3.8) is 0 Å². The van der Waals surface area contributed by atoms with E-state index >= 15 is 0 Å². The van der Waals surface area contributed by atoms with E-state index in [1.54, 1.807) is 6.08 Å². The maximum Gasteiger partial charge on any atom is 0.307 e. The Balaban J connectivity index is 4.45. The summed E-state index contributed by atoms with van der Waals surface area (Å²) in [5.41, 5.74) is 1.02. The first-order chi connectivity index (χ1) is 7.90. The van der Waals surface area contributed by atoms with Crippen LogP contribution >= 0.6 is 0 Å². The zero-order valence-corrected chi connectivity index (χ0v) is 11.4. The fraction of sp³-hybridized carbons (Fsp3) is 0.692. The van der Waals surface area contributed by atoms with Crippen molar-refractivity contribution >= 4 is 11.9 Å². The maximum atomic E-state index is 11.7. The molecule has 0 aliphatic rings. The second-order valence-electron chi connectivity index (χ2n) is 4.48. The van der Waals surface area contributed by atoms with Gasteiger partial charge in [-0.15, -0.1) is 0 Å². The highest BCUT2D eigenvalue weighted by Gasteiger charge is 2.19. The largest absolute Gasteiger partial charge is 0.469 e. The molecule has 98 valence electrons. The van der Waals surface area contributed by atoms with Crippen molar-refractivity contribution in [2.45, 2.75) is 46.6 Å². The van der Waals surface area contributed by atoms with Crippen LogP contribution in [0.5, 0.6) is 0 Å². The number of amides is 1. The summed E-state index contributed by atoms with van der Waals surface area (Å²) in [6, 6.07) is -0.184. The molecule has 0 saturated heterocycles. The van der Waals surface area contributed by atoms with Gasteiger partial charge in [-0.05, 0) is 19.3 Å². The fourth-order valence-electron chi connectivity index (χ4n) is 1.27. The van der Waals surface area contributed by atoms with E-state index in [0.29, 0.717) is 0 Å². The summed E-state index contributed by atoms with van der Waals surface area (Å²) in [6.45, 7) is 7.83. The highest BCUT2D eigenvalue weighted by atomic mass is 16.5. The molecule has 0 radical (unpaired) electrons. The van der Waals surface area contributed by atoms with Gasteiger partial charge in [-0.1, -0.05) is 26.3 Å². The van der Waals surface area contributed by atoms with Crippen LogP contribution < -0.4 is 5.32 Å². The van der Waals surface area contributed by atoms with Crippen LogP contribution in [-0.2, 0) is 14.3 Å². The number of nitrogens with one attached hydrogen (secondary N) is 1. The number of hydrogen-bond donors (Lipinski definition) is 1. The van der Waals surface area contributed by atoms with E-state index in [1.807, 2.05) is 27.7 Å². The number of carbonyl (C=O) groups excluding carboxylic acids is 2. The zero-order chi connectivity index (χ0) is 13.4. The molecule has 0 bridgehead atoms. The zero-order valence-electron chi connectivity index (χ0n) is 11.4. The smallest absolute Gasteiger partial charge is 0.307 e. The Morgan fingerprint density at radius 2 is 1.94 bits per heavy atom. The van der Waals surface area contributed by atoms with Crippen LogP contribution in [0.4, 0.5) is 0 Å². The highest BCUT2D eigenvalue weighted by molar-refractivity contribution is 5.88. The van der Waals surface area contributed by atoms with Gasteiger partial charge in [-0.2, -0.15) is 0 Å². The Morgan fingerprint density at radius 1 is 1.35 bits per heavy atom. The molecule has 1 unspecified atom stereocenters. The average molecular weight is 241 g/mol. The number of allylic oxidation sites excluding steroid dienone is 1. The quantitative estimate of drug-likeness (QED) is 0.572. The minimum atomic E-state index is -0.305. The van der Waals surface area contributed by atoms with Gasteiger partial charge in [0.1, 0.15) is 0 Å². The molecule has 1 N–H and O–H groups in total. The number of hydrogen-bond acceptors (Lipinski definition) is 3. The summed E-state index contributed by atoms with van der Waals surface area (Å²) < 4.78 is 4.61. The average Bonchev–Trinajstić information content (AvgIpc) is 2.27. The molecule has 0 spiro atoms. The summed E-state index contributed by atoms with van der Waals surface area (Å²) in [6.07, 6.45) is 2.63. The van der Waals surface area contributed by atoms with Gasteiger partial charge in [0, 0.05) is 12.1 Å². The standard InChI is InChI=1S/C13H23NO3/c1-6-10(4)7-12(15)14-11(9(2)3)8-13(16)17-5/h7,9,11H,6,8H2,1-5H3,(H,14,15). The predicted octanol–water partition coefficient (Wildman–Crippen LogP) is 2.05. The van der Waals surface area contributed by atoms with Crippen molar-refractivity contribution in [3.05, 3.63) is 11.6 Å². The number of methoxy groups -OCH3 is 1. The minimum Gasteiger partial charge on any atom is -0.469 e. The monoisotopic (exact) mass is 241 g/mol. The molecule has 0 aliphatic heterocycles. The lowest BCUT2D eigenvalue weighted by Gasteiger charge is -2.20. The van der Waals surface area contributed by atoms with Gasteiger partial charge in [0.2, 0.25) is 5.91 Å². The Labute approximate surface area is 103 Å². The van der Waals surface area contributed by atoms with Gasteiger partial charge in [0.15, 0.2) is 0 Å². The SMILES string of the molecule is CCC(C)=CC(=O)NC(CC(=O)OC)C(C)C. The molecule has 1 atom stereocenters. The van der Waals surface area contributed by atoms with Crippen LogP contribution in [-0.4, -0.2) is 25.0 Å². The van der Waals surface area contributed by atoms with Crippen LogP contribution in [0.15, 0.2) is 11.6 Å². The molecule has 4 nitrogen and oxygen atoms in total. The van der Waals surface area contributed by atoms with Crippen molar-refractivity contribution in [3.8, 4) is 0 Å². The molecule has 0 rings (SSSR count). The number of carbonyl (C=O) groups is 2. The van der Waals surface area contributed by atoms with E-state index in [-0.39, 0.29) is 30.3 Å². The second kappa shape index (κ2) is 7.87. The first-order valence-corrected chi connectivity index (χ1v) is 5.95. The normalized spacial score (nSPS) is 13.4. The lowest BCUT2D eigenvalue weighted by molar-refractivity contribution is -0.141. The molecule has 17 heavy (non-hydrogen) atoms. The predicted molar refractivity (Wildman–Crippen MR) is 67.4 cm³/mol. The molecule has 0 fully saturated rings. The molecule has 0 aromatic rings. The van der Waals surface area contributed by atoms with Crippen LogP contribution in [0, 0.1) is 5.92 Å². The van der Waals surface area contributed by atoms with Gasteiger partial charge in [-0.3, -0.25) is 9.59 Å². The van der Waals surface area contributed by atoms with E-state index in [9.17, 15) is 9.59 Å². The second-order valence-corrected chi connectivity index (χ2v) is 4.48. The summed E-state index contributed by atoms with van der Waals surface area (Å²) in [4.78, 5) is 22.9. The van der Waals surface area contributed by atoms with Crippen LogP contribution in [0.3, 0.4) is 0 Å². The van der Waals surface area contributed by atoms with Gasteiger partial charge in [0.05, 0.1) is 13.5 Å². The topological polar surface area (TPSA) is 55.4 Å². The summed E-state index contributed by atoms with van der Waals surface area (Å²) in [5, 5.41) is 2.83. The number of rotatable bonds is 6. The molecule has 0 aromatic heterocycles. The highest BCUT2D eigenvalue weighted by Crippen LogP contribution is 2.07. The van der Waals surface area contributed by atoms with Crippen LogP contribution in [0.2, 0.25) is 0 Å². The van der Waals surface area contributed by atoms with Crippen molar-refractivity contribution in [1.82, 2.24) is 5.32 Å². The molecular weight excluding hydrogens is 218 g/mol. The summed E-state index contributed by atoms with van der Waals surface area (Å²) in [7, 11) is 1.35. The number of ether oxygens (including phenoxy) is 1. The van der Waals surface area contributed by atoms with E-state index in [4.69, 9.17) is 0 Å². The Kier molecular flexibility index (Phi) is 7.26. The Morgan fingerprint density at radius 3 is 2.35 bits per heavy atom. The van der Waals surface area contributed by atoms with Crippen LogP contribution in [0.25, 0.3) is 0 Å². The molecule has 1 amide bonds. The van der Waals surface area contributed by atoms with Crippen molar-refractivity contribution in [2.24, 2.45) is 5.92 Å². The third-order valence-corrected chi connectivity index (χ3v) is 2.68. The molecular formula is C13H23NO3. The molecule has 4 heteroatoms. The van der Waals surface area contributed by atoms with Crippen molar-refractivity contribution in [2.75, 3.05) is 7.11 Å². The Bertz CT molecular complexity index is 295. The molecule has 0 heterocycles. The van der Waals surface area contributed by atoms with E-state index in [0.717, 1.165) is 12.0 Å². The summed E-state index contributed by atoms with van der Waals surface area (Å²) in [5.74, 6) is -0.263. The molecule has 0 aliphatic carbocycles. The van der Waals surface area contributed by atoms with E-state index < -0.39 is 0 Å². The first kappa shape index (κ1) is 15.7. The van der Waals surface area contributed by atoms with Crippen molar-refractivity contribution < 1.29 is 14.3 Å². The Hall–Kier alpha value is -1.32. The summed E-state index contributed by atoms with van der Waals surface area (Å²) >= 11 is 0. The molecule has 0 aromatic carbocycles. The molecule has 0 saturated carbocycles. The first-order valence-electron chi connectivity index (χ1n) is 5.95. The van der Waals surface area contributed by atoms with Crippen LogP contribution in [0.1, 0.15) is 40.5 Å². The third-order valence-electron chi connectivity index (χ3n) is 2.68.